The van der Waals surface area contributed by atoms with Gasteiger partial charge in [0.15, 0.2) is 0 Å². The Hall–Kier alpha value is -2.86. The van der Waals surface area contributed by atoms with Gasteiger partial charge in [0, 0.05) is 13.1 Å². The van der Waals surface area contributed by atoms with Crippen molar-refractivity contribution in [2.45, 2.75) is 26.3 Å². The zero-order chi connectivity index (χ0) is 21.2. The van der Waals surface area contributed by atoms with Crippen LogP contribution in [-0.4, -0.2) is 42.3 Å². The second-order valence-corrected chi connectivity index (χ2v) is 6.89. The molecule has 1 atom stereocenters. The Bertz CT molecular complexity index is 842. The molecule has 6 nitrogen and oxygen atoms in total. The number of amides is 3. The van der Waals surface area contributed by atoms with Crippen LogP contribution in [-0.2, 0) is 9.59 Å². The van der Waals surface area contributed by atoms with E-state index in [4.69, 9.17) is 11.6 Å². The topological polar surface area (TPSA) is 78.5 Å². The molecule has 0 radical (unpaired) electrons. The normalized spacial score (nSPS) is 11.4. The fourth-order valence-corrected chi connectivity index (χ4v) is 3.15. The Kier molecular flexibility index (Phi) is 8.68. The van der Waals surface area contributed by atoms with Gasteiger partial charge in [-0.1, -0.05) is 54.1 Å². The lowest BCUT2D eigenvalue weighted by atomic mass is 10.0. The third-order valence-corrected chi connectivity index (χ3v) is 4.78. The summed E-state index contributed by atoms with van der Waals surface area (Å²) in [5, 5.41) is 5.94. The van der Waals surface area contributed by atoms with Crippen LogP contribution in [0.15, 0.2) is 54.6 Å². The lowest BCUT2D eigenvalue weighted by Gasteiger charge is -2.25. The molecule has 2 aromatic carbocycles. The summed E-state index contributed by atoms with van der Waals surface area (Å²) in [6.07, 6.45) is 0.0352. The number of benzene rings is 2. The molecule has 0 aromatic heterocycles. The first-order chi connectivity index (χ1) is 14.0. The Morgan fingerprint density at radius 1 is 1.00 bits per heavy atom. The standard InChI is InChI=1S/C22H26ClN3O3/c1-3-24-20(27)15-26(4-2)21(28)14-19(16-10-6-5-7-11-16)25-22(29)17-12-8-9-13-18(17)23/h5-13,19H,3-4,14-15H2,1-2H3,(H,24,27)(H,25,29). The maximum Gasteiger partial charge on any atom is 0.253 e. The van der Waals surface area contributed by atoms with Gasteiger partial charge in [0.25, 0.3) is 5.91 Å². The van der Waals surface area contributed by atoms with Crippen LogP contribution < -0.4 is 10.6 Å². The number of nitrogens with zero attached hydrogens (tertiary/aromatic N) is 1. The van der Waals surface area contributed by atoms with Crippen molar-refractivity contribution in [3.63, 3.8) is 0 Å². The number of carbonyl (C=O) groups excluding carboxylic acids is 3. The molecule has 0 bridgehead atoms. The molecule has 2 rings (SSSR count). The molecule has 0 aliphatic rings. The second kappa shape index (κ2) is 11.2. The van der Waals surface area contributed by atoms with E-state index in [2.05, 4.69) is 10.6 Å². The Balaban J connectivity index is 2.18. The van der Waals surface area contributed by atoms with Gasteiger partial charge in [-0.3, -0.25) is 14.4 Å². The van der Waals surface area contributed by atoms with E-state index in [0.717, 1.165) is 5.56 Å². The summed E-state index contributed by atoms with van der Waals surface area (Å²) >= 11 is 6.13. The summed E-state index contributed by atoms with van der Waals surface area (Å²) in [5.74, 6) is -0.782. The first-order valence-corrected chi connectivity index (χ1v) is 9.98. The van der Waals surface area contributed by atoms with Crippen molar-refractivity contribution in [2.75, 3.05) is 19.6 Å². The summed E-state index contributed by atoms with van der Waals surface area (Å²) in [4.78, 5) is 39.0. The summed E-state index contributed by atoms with van der Waals surface area (Å²) < 4.78 is 0. The molecule has 0 saturated heterocycles. The van der Waals surface area contributed by atoms with Crippen molar-refractivity contribution in [1.29, 1.82) is 0 Å². The molecule has 0 aliphatic carbocycles. The number of rotatable bonds is 9. The van der Waals surface area contributed by atoms with E-state index in [1.54, 1.807) is 24.3 Å². The largest absolute Gasteiger partial charge is 0.355 e. The van der Waals surface area contributed by atoms with Gasteiger partial charge in [0.1, 0.15) is 0 Å². The number of nitrogens with one attached hydrogen (secondary N) is 2. The van der Waals surface area contributed by atoms with Gasteiger partial charge >= 0.3 is 0 Å². The average Bonchev–Trinajstić information content (AvgIpc) is 2.72. The van der Waals surface area contributed by atoms with Crippen LogP contribution in [0.4, 0.5) is 0 Å². The zero-order valence-corrected chi connectivity index (χ0v) is 17.4. The fourth-order valence-electron chi connectivity index (χ4n) is 2.93. The second-order valence-electron chi connectivity index (χ2n) is 6.48. The monoisotopic (exact) mass is 415 g/mol. The minimum Gasteiger partial charge on any atom is -0.355 e. The Labute approximate surface area is 176 Å². The summed E-state index contributed by atoms with van der Waals surface area (Å²) in [5.41, 5.74) is 1.15. The Morgan fingerprint density at radius 2 is 1.66 bits per heavy atom. The highest BCUT2D eigenvalue weighted by Crippen LogP contribution is 2.21. The molecule has 2 aromatic rings. The van der Waals surface area contributed by atoms with Crippen LogP contribution in [0.2, 0.25) is 5.02 Å². The van der Waals surface area contributed by atoms with Gasteiger partial charge in [-0.05, 0) is 31.5 Å². The molecule has 0 fully saturated rings. The van der Waals surface area contributed by atoms with Crippen LogP contribution in [0.5, 0.6) is 0 Å². The molecule has 1 unspecified atom stereocenters. The highest BCUT2D eigenvalue weighted by Gasteiger charge is 2.23. The van der Waals surface area contributed by atoms with E-state index in [0.29, 0.717) is 23.7 Å². The maximum atomic E-state index is 12.9. The molecule has 7 heteroatoms. The van der Waals surface area contributed by atoms with E-state index in [9.17, 15) is 14.4 Å². The van der Waals surface area contributed by atoms with Crippen molar-refractivity contribution in [3.8, 4) is 0 Å². The third-order valence-electron chi connectivity index (χ3n) is 4.45. The molecule has 154 valence electrons. The van der Waals surface area contributed by atoms with Crippen LogP contribution in [0.1, 0.15) is 42.2 Å². The summed E-state index contributed by atoms with van der Waals surface area (Å²) in [6, 6.07) is 15.5. The van der Waals surface area contributed by atoms with Gasteiger partial charge in [0.2, 0.25) is 11.8 Å². The Morgan fingerprint density at radius 3 is 2.28 bits per heavy atom. The lowest BCUT2D eigenvalue weighted by molar-refractivity contribution is -0.136. The lowest BCUT2D eigenvalue weighted by Crippen LogP contribution is -2.42. The fraction of sp³-hybridized carbons (Fsp3) is 0.318. The number of halogens is 1. The average molecular weight is 416 g/mol. The maximum absolute atomic E-state index is 12.9. The zero-order valence-electron chi connectivity index (χ0n) is 16.7. The van der Waals surface area contributed by atoms with E-state index in [-0.39, 0.29) is 30.7 Å². The van der Waals surface area contributed by atoms with Gasteiger partial charge < -0.3 is 15.5 Å². The highest BCUT2D eigenvalue weighted by molar-refractivity contribution is 6.33. The highest BCUT2D eigenvalue weighted by atomic mass is 35.5. The minimum absolute atomic E-state index is 0.0108. The van der Waals surface area contributed by atoms with Crippen LogP contribution in [0.3, 0.4) is 0 Å². The van der Waals surface area contributed by atoms with E-state index >= 15 is 0 Å². The molecule has 29 heavy (non-hydrogen) atoms. The van der Waals surface area contributed by atoms with E-state index < -0.39 is 6.04 Å². The van der Waals surface area contributed by atoms with Crippen molar-refractivity contribution in [1.82, 2.24) is 15.5 Å². The first-order valence-electron chi connectivity index (χ1n) is 9.61. The molecule has 0 aliphatic heterocycles. The van der Waals surface area contributed by atoms with Crippen molar-refractivity contribution in [3.05, 3.63) is 70.7 Å². The molecule has 0 spiro atoms. The molecule has 0 heterocycles. The van der Waals surface area contributed by atoms with Crippen LogP contribution in [0, 0.1) is 0 Å². The summed E-state index contributed by atoms with van der Waals surface area (Å²) in [7, 11) is 0. The minimum atomic E-state index is -0.546. The number of hydrogen-bond acceptors (Lipinski definition) is 3. The predicted molar refractivity (Wildman–Crippen MR) is 114 cm³/mol. The van der Waals surface area contributed by atoms with Crippen molar-refractivity contribution in [2.24, 2.45) is 0 Å². The van der Waals surface area contributed by atoms with E-state index in [1.165, 1.54) is 4.90 Å². The molecular formula is C22H26ClN3O3. The van der Waals surface area contributed by atoms with Gasteiger partial charge in [-0.15, -0.1) is 0 Å². The van der Waals surface area contributed by atoms with Gasteiger partial charge in [-0.25, -0.2) is 0 Å². The number of carbonyl (C=O) groups is 3. The molecule has 3 amide bonds. The third kappa shape index (κ3) is 6.61. The van der Waals surface area contributed by atoms with Crippen LogP contribution >= 0.6 is 11.6 Å². The molecule has 2 N–H and O–H groups in total. The number of hydrogen-bond donors (Lipinski definition) is 2. The van der Waals surface area contributed by atoms with Gasteiger partial charge in [0.05, 0.1) is 29.6 Å². The number of likely N-dealkylation sites (N-methyl/N-ethyl adjacent to an activating group) is 2. The quantitative estimate of drug-likeness (QED) is 0.660. The predicted octanol–water partition coefficient (Wildman–Crippen LogP) is 3.19. The summed E-state index contributed by atoms with van der Waals surface area (Å²) in [6.45, 7) is 4.53. The molecule has 0 saturated carbocycles. The smallest absolute Gasteiger partial charge is 0.253 e. The van der Waals surface area contributed by atoms with Crippen LogP contribution in [0.25, 0.3) is 0 Å². The van der Waals surface area contributed by atoms with Crippen molar-refractivity contribution < 1.29 is 14.4 Å². The molecular weight excluding hydrogens is 390 g/mol. The van der Waals surface area contributed by atoms with Crippen molar-refractivity contribution >= 4 is 29.3 Å². The van der Waals surface area contributed by atoms with Gasteiger partial charge in [-0.2, -0.15) is 0 Å². The first kappa shape index (κ1) is 22.4. The van der Waals surface area contributed by atoms with E-state index in [1.807, 2.05) is 44.2 Å². The SMILES string of the molecule is CCNC(=O)CN(CC)C(=O)CC(NC(=O)c1ccccc1Cl)c1ccccc1.